The van der Waals surface area contributed by atoms with E-state index in [-0.39, 0.29) is 17.3 Å². The van der Waals surface area contributed by atoms with E-state index in [4.69, 9.17) is 16.3 Å². The lowest BCUT2D eigenvalue weighted by Crippen LogP contribution is -2.39. The molecule has 0 N–H and O–H groups in total. The molecule has 0 amide bonds. The molecule has 0 spiro atoms. The summed E-state index contributed by atoms with van der Waals surface area (Å²) in [7, 11) is 3.67. The average molecular weight is 346 g/mol. The van der Waals surface area contributed by atoms with Crippen LogP contribution in [0.15, 0.2) is 36.4 Å². The molecule has 1 unspecified atom stereocenters. The van der Waals surface area contributed by atoms with Crippen molar-refractivity contribution in [3.63, 3.8) is 0 Å². The van der Waals surface area contributed by atoms with Gasteiger partial charge in [0.25, 0.3) is 0 Å². The van der Waals surface area contributed by atoms with Gasteiger partial charge in [0, 0.05) is 23.0 Å². The molecule has 4 rings (SSSR count). The Morgan fingerprint density at radius 1 is 1.25 bits per heavy atom. The molecular formula is C20H21ClFNO. The molecule has 1 aliphatic carbocycles. The van der Waals surface area contributed by atoms with E-state index in [1.807, 2.05) is 18.2 Å². The molecule has 0 bridgehead atoms. The number of halogens is 2. The minimum Gasteiger partial charge on any atom is -0.494 e. The molecule has 1 fully saturated rings. The van der Waals surface area contributed by atoms with Gasteiger partial charge in [-0.1, -0.05) is 29.8 Å². The second-order valence-electron chi connectivity index (χ2n) is 6.95. The smallest absolute Gasteiger partial charge is 0.165 e. The van der Waals surface area contributed by atoms with Crippen molar-refractivity contribution in [2.24, 2.45) is 0 Å². The molecule has 2 nitrogen and oxygen atoms in total. The van der Waals surface area contributed by atoms with E-state index in [0.29, 0.717) is 5.75 Å². The van der Waals surface area contributed by atoms with Crippen LogP contribution in [0.4, 0.5) is 4.39 Å². The van der Waals surface area contributed by atoms with Gasteiger partial charge in [-0.25, -0.2) is 4.39 Å². The van der Waals surface area contributed by atoms with E-state index in [1.54, 1.807) is 6.07 Å². The van der Waals surface area contributed by atoms with Gasteiger partial charge in [-0.2, -0.15) is 0 Å². The molecule has 126 valence electrons. The summed E-state index contributed by atoms with van der Waals surface area (Å²) >= 11 is 6.52. The van der Waals surface area contributed by atoms with Crippen molar-refractivity contribution in [3.05, 3.63) is 63.9 Å². The fourth-order valence-electron chi connectivity index (χ4n) is 4.31. The first-order chi connectivity index (χ1) is 11.6. The molecular weight excluding hydrogens is 325 g/mol. The number of fused-ring (bicyclic) bond motifs is 1. The van der Waals surface area contributed by atoms with Crippen molar-refractivity contribution in [3.8, 4) is 5.75 Å². The van der Waals surface area contributed by atoms with Gasteiger partial charge >= 0.3 is 0 Å². The number of rotatable bonds is 3. The predicted molar refractivity (Wildman–Crippen MR) is 94.4 cm³/mol. The van der Waals surface area contributed by atoms with Gasteiger partial charge in [-0.05, 0) is 61.2 Å². The van der Waals surface area contributed by atoms with Crippen LogP contribution in [-0.2, 0) is 11.8 Å². The molecule has 0 saturated heterocycles. The zero-order valence-corrected chi connectivity index (χ0v) is 14.7. The molecule has 1 heterocycles. The Morgan fingerprint density at radius 3 is 2.67 bits per heavy atom. The maximum atomic E-state index is 14.1. The third kappa shape index (κ3) is 2.34. The Kier molecular flexibility index (Phi) is 3.81. The van der Waals surface area contributed by atoms with E-state index in [0.717, 1.165) is 36.4 Å². The number of hydrogen-bond acceptors (Lipinski definition) is 2. The van der Waals surface area contributed by atoms with Crippen molar-refractivity contribution in [1.29, 1.82) is 0 Å². The highest BCUT2D eigenvalue weighted by atomic mass is 35.5. The van der Waals surface area contributed by atoms with E-state index in [1.165, 1.54) is 18.2 Å². The Labute approximate surface area is 147 Å². The second-order valence-corrected chi connectivity index (χ2v) is 7.36. The molecule has 2 aromatic rings. The van der Waals surface area contributed by atoms with Crippen LogP contribution in [0.25, 0.3) is 0 Å². The van der Waals surface area contributed by atoms with Crippen LogP contribution < -0.4 is 4.74 Å². The summed E-state index contributed by atoms with van der Waals surface area (Å²) in [5.41, 5.74) is 3.50. The molecule has 0 radical (unpaired) electrons. The van der Waals surface area contributed by atoms with Gasteiger partial charge in [0.05, 0.1) is 7.11 Å². The minimum atomic E-state index is -0.276. The van der Waals surface area contributed by atoms with Crippen molar-refractivity contribution in [2.75, 3.05) is 20.7 Å². The third-order valence-electron chi connectivity index (χ3n) is 5.61. The molecule has 1 atom stereocenters. The lowest BCUT2D eigenvalue weighted by atomic mass is 9.78. The Morgan fingerprint density at radius 2 is 2.00 bits per heavy atom. The minimum absolute atomic E-state index is 0.0190. The third-order valence-corrected chi connectivity index (χ3v) is 5.93. The quantitative estimate of drug-likeness (QED) is 0.796. The van der Waals surface area contributed by atoms with Crippen LogP contribution in [0.1, 0.15) is 35.6 Å². The first-order valence-corrected chi connectivity index (χ1v) is 8.76. The summed E-state index contributed by atoms with van der Waals surface area (Å²) in [6.45, 7) is 0.926. The SMILES string of the molecule is COc1cc2c(cc1F)CCN(C)C2C1(c2ccccc2Cl)CC1. The van der Waals surface area contributed by atoms with Crippen LogP contribution >= 0.6 is 11.6 Å². The fraction of sp³-hybridized carbons (Fsp3) is 0.400. The van der Waals surface area contributed by atoms with Crippen LogP contribution in [0.3, 0.4) is 0 Å². The standard InChI is InChI=1S/C20H21ClFNO/c1-23-10-7-13-11-17(22)18(24-2)12-14(13)19(23)20(8-9-20)15-5-3-4-6-16(15)21/h3-6,11-12,19H,7-10H2,1-2H3. The highest BCUT2D eigenvalue weighted by Crippen LogP contribution is 2.61. The van der Waals surface area contributed by atoms with Gasteiger partial charge in [0.1, 0.15) is 0 Å². The van der Waals surface area contributed by atoms with Gasteiger partial charge in [0.15, 0.2) is 11.6 Å². The molecule has 1 aliphatic heterocycles. The molecule has 2 aliphatic rings. The zero-order valence-electron chi connectivity index (χ0n) is 14.0. The summed E-state index contributed by atoms with van der Waals surface area (Å²) in [4.78, 5) is 2.38. The van der Waals surface area contributed by atoms with E-state index in [9.17, 15) is 4.39 Å². The number of methoxy groups -OCH3 is 1. The first kappa shape index (κ1) is 15.9. The van der Waals surface area contributed by atoms with E-state index < -0.39 is 0 Å². The fourth-order valence-corrected chi connectivity index (χ4v) is 4.63. The van der Waals surface area contributed by atoms with Crippen LogP contribution in [0, 0.1) is 5.82 Å². The van der Waals surface area contributed by atoms with Crippen molar-refractivity contribution in [2.45, 2.75) is 30.7 Å². The second kappa shape index (κ2) is 5.75. The topological polar surface area (TPSA) is 12.5 Å². The first-order valence-electron chi connectivity index (χ1n) is 8.38. The van der Waals surface area contributed by atoms with Crippen LogP contribution in [0.2, 0.25) is 5.02 Å². The normalized spacial score (nSPS) is 22.1. The van der Waals surface area contributed by atoms with Crippen molar-refractivity contribution >= 4 is 11.6 Å². The monoisotopic (exact) mass is 345 g/mol. The van der Waals surface area contributed by atoms with Crippen molar-refractivity contribution < 1.29 is 9.13 Å². The van der Waals surface area contributed by atoms with Gasteiger partial charge in [-0.15, -0.1) is 0 Å². The van der Waals surface area contributed by atoms with Crippen molar-refractivity contribution in [1.82, 2.24) is 4.90 Å². The number of nitrogens with zero attached hydrogens (tertiary/aromatic N) is 1. The summed E-state index contributed by atoms with van der Waals surface area (Å²) in [5, 5.41) is 0.824. The Hall–Kier alpha value is -1.58. The number of benzene rings is 2. The molecule has 24 heavy (non-hydrogen) atoms. The number of hydrogen-bond donors (Lipinski definition) is 0. The van der Waals surface area contributed by atoms with E-state index >= 15 is 0 Å². The molecule has 4 heteroatoms. The largest absolute Gasteiger partial charge is 0.494 e. The Bertz CT molecular complexity index is 787. The molecule has 0 aromatic heterocycles. The Balaban J connectivity index is 1.86. The van der Waals surface area contributed by atoms with E-state index in [2.05, 4.69) is 24.1 Å². The van der Waals surface area contributed by atoms with Gasteiger partial charge < -0.3 is 4.74 Å². The lowest BCUT2D eigenvalue weighted by Gasteiger charge is -2.41. The molecule has 2 aromatic carbocycles. The van der Waals surface area contributed by atoms with Crippen LogP contribution in [0.5, 0.6) is 5.75 Å². The maximum absolute atomic E-state index is 14.1. The number of likely N-dealkylation sites (N-methyl/N-ethyl adjacent to an activating group) is 1. The summed E-state index contributed by atoms with van der Waals surface area (Å²) in [6, 6.07) is 11.9. The summed E-state index contributed by atoms with van der Waals surface area (Å²) in [5.74, 6) is 0.0474. The number of ether oxygens (including phenoxy) is 1. The maximum Gasteiger partial charge on any atom is 0.165 e. The summed E-state index contributed by atoms with van der Waals surface area (Å²) in [6.07, 6.45) is 3.07. The van der Waals surface area contributed by atoms with Crippen LogP contribution in [-0.4, -0.2) is 25.6 Å². The summed E-state index contributed by atoms with van der Waals surface area (Å²) < 4.78 is 19.4. The predicted octanol–water partition coefficient (Wildman–Crippen LogP) is 4.75. The van der Waals surface area contributed by atoms with Gasteiger partial charge in [0.2, 0.25) is 0 Å². The zero-order chi connectivity index (χ0) is 16.9. The highest BCUT2D eigenvalue weighted by molar-refractivity contribution is 6.31. The molecule has 1 saturated carbocycles. The average Bonchev–Trinajstić information content (AvgIpc) is 3.36. The highest BCUT2D eigenvalue weighted by Gasteiger charge is 2.54. The van der Waals surface area contributed by atoms with Gasteiger partial charge in [-0.3, -0.25) is 4.90 Å². The lowest BCUT2D eigenvalue weighted by molar-refractivity contribution is 0.186.